The van der Waals surface area contributed by atoms with Gasteiger partial charge in [0.05, 0.1) is 6.61 Å². The van der Waals surface area contributed by atoms with Crippen LogP contribution in [0.2, 0.25) is 0 Å². The highest BCUT2D eigenvalue weighted by atomic mass is 19.1. The van der Waals surface area contributed by atoms with Gasteiger partial charge in [0, 0.05) is 18.2 Å². The molecule has 0 saturated heterocycles. The highest BCUT2D eigenvalue weighted by molar-refractivity contribution is 5.94. The van der Waals surface area contributed by atoms with Crippen LogP contribution in [0.4, 0.5) is 4.39 Å². The lowest BCUT2D eigenvalue weighted by atomic mass is 10.1. The summed E-state index contributed by atoms with van der Waals surface area (Å²) >= 11 is 0. The molecule has 25 heavy (non-hydrogen) atoms. The third-order valence-corrected chi connectivity index (χ3v) is 4.15. The third kappa shape index (κ3) is 4.81. The first-order chi connectivity index (χ1) is 12.0. The number of ether oxygens (including phenoxy) is 1. The summed E-state index contributed by atoms with van der Waals surface area (Å²) in [5.41, 5.74) is 1.43. The average molecular weight is 341 g/mol. The summed E-state index contributed by atoms with van der Waals surface area (Å²) in [4.78, 5) is 14.7. The van der Waals surface area contributed by atoms with Gasteiger partial charge in [-0.25, -0.2) is 4.39 Å². The van der Waals surface area contributed by atoms with Gasteiger partial charge in [-0.15, -0.1) is 0 Å². The van der Waals surface area contributed by atoms with Crippen LogP contribution in [0, 0.1) is 11.7 Å². The summed E-state index contributed by atoms with van der Waals surface area (Å²) in [7, 11) is 0. The number of hydrogen-bond acceptors (Lipinski definition) is 2. The van der Waals surface area contributed by atoms with E-state index in [1.807, 2.05) is 29.2 Å². The van der Waals surface area contributed by atoms with Gasteiger partial charge in [-0.1, -0.05) is 32.0 Å². The standard InChI is InChI=1S/C21H24FNO2/c1-15(2)14-25-20-8-3-5-16(11-20)13-23(19-9-10-19)21(24)17-6-4-7-18(22)12-17/h3-8,11-12,15,19H,9-10,13-14H2,1-2H3. The second-order valence-corrected chi connectivity index (χ2v) is 7.03. The minimum absolute atomic E-state index is 0.115. The molecule has 3 nitrogen and oxygen atoms in total. The van der Waals surface area contributed by atoms with Crippen LogP contribution in [0.5, 0.6) is 5.75 Å². The Kier molecular flexibility index (Phi) is 5.37. The first kappa shape index (κ1) is 17.5. The van der Waals surface area contributed by atoms with Gasteiger partial charge in [0.25, 0.3) is 5.91 Å². The van der Waals surface area contributed by atoms with E-state index in [4.69, 9.17) is 4.74 Å². The number of rotatable bonds is 7. The molecule has 1 aliphatic rings. The maximum absolute atomic E-state index is 13.5. The van der Waals surface area contributed by atoms with E-state index >= 15 is 0 Å². The summed E-state index contributed by atoms with van der Waals surface area (Å²) in [5.74, 6) is 0.780. The van der Waals surface area contributed by atoms with Crippen molar-refractivity contribution in [1.82, 2.24) is 4.90 Å². The summed E-state index contributed by atoms with van der Waals surface area (Å²) in [6.07, 6.45) is 2.01. The largest absolute Gasteiger partial charge is 0.493 e. The zero-order valence-corrected chi connectivity index (χ0v) is 14.7. The molecule has 0 bridgehead atoms. The van der Waals surface area contributed by atoms with Crippen molar-refractivity contribution >= 4 is 5.91 Å². The van der Waals surface area contributed by atoms with Crippen LogP contribution >= 0.6 is 0 Å². The molecule has 132 valence electrons. The molecule has 0 radical (unpaired) electrons. The molecule has 0 heterocycles. The van der Waals surface area contributed by atoms with Gasteiger partial charge in [-0.05, 0) is 54.7 Å². The van der Waals surface area contributed by atoms with Gasteiger partial charge in [0.2, 0.25) is 0 Å². The molecule has 1 saturated carbocycles. The monoisotopic (exact) mass is 341 g/mol. The molecule has 3 rings (SSSR count). The maximum Gasteiger partial charge on any atom is 0.254 e. The fourth-order valence-electron chi connectivity index (χ4n) is 2.73. The highest BCUT2D eigenvalue weighted by Crippen LogP contribution is 2.30. The summed E-state index contributed by atoms with van der Waals surface area (Å²) in [6.45, 7) is 5.39. The van der Waals surface area contributed by atoms with Crippen molar-refractivity contribution in [2.75, 3.05) is 6.61 Å². The number of hydrogen-bond donors (Lipinski definition) is 0. The lowest BCUT2D eigenvalue weighted by Crippen LogP contribution is -2.32. The number of carbonyl (C=O) groups excluding carboxylic acids is 1. The van der Waals surface area contributed by atoms with Gasteiger partial charge in [-0.2, -0.15) is 0 Å². The van der Waals surface area contributed by atoms with E-state index in [0.717, 1.165) is 24.2 Å². The lowest BCUT2D eigenvalue weighted by molar-refractivity contribution is 0.0729. The molecule has 4 heteroatoms. The molecule has 1 amide bonds. The third-order valence-electron chi connectivity index (χ3n) is 4.15. The smallest absolute Gasteiger partial charge is 0.254 e. The Balaban J connectivity index is 1.74. The highest BCUT2D eigenvalue weighted by Gasteiger charge is 2.33. The van der Waals surface area contributed by atoms with E-state index in [1.165, 1.54) is 12.1 Å². The quantitative estimate of drug-likeness (QED) is 0.733. The number of amides is 1. The van der Waals surface area contributed by atoms with Crippen LogP contribution in [0.15, 0.2) is 48.5 Å². The molecule has 0 N–H and O–H groups in total. The number of nitrogens with zero attached hydrogens (tertiary/aromatic N) is 1. The van der Waals surface area contributed by atoms with E-state index in [0.29, 0.717) is 24.6 Å². The Morgan fingerprint density at radius 3 is 2.64 bits per heavy atom. The minimum Gasteiger partial charge on any atom is -0.493 e. The van der Waals surface area contributed by atoms with E-state index in [-0.39, 0.29) is 17.8 Å². The summed E-state index contributed by atoms with van der Waals surface area (Å²) in [5, 5.41) is 0. The Labute approximate surface area is 148 Å². The van der Waals surface area contributed by atoms with Crippen LogP contribution in [-0.2, 0) is 6.54 Å². The Bertz CT molecular complexity index is 740. The predicted octanol–water partition coefficient (Wildman–Crippen LogP) is 4.67. The van der Waals surface area contributed by atoms with Crippen LogP contribution in [0.3, 0.4) is 0 Å². The zero-order chi connectivity index (χ0) is 17.8. The van der Waals surface area contributed by atoms with E-state index < -0.39 is 0 Å². The second kappa shape index (κ2) is 7.68. The van der Waals surface area contributed by atoms with Gasteiger partial charge in [0.15, 0.2) is 0 Å². The first-order valence-electron chi connectivity index (χ1n) is 8.81. The Hall–Kier alpha value is -2.36. The normalized spacial score (nSPS) is 13.8. The second-order valence-electron chi connectivity index (χ2n) is 7.03. The SMILES string of the molecule is CC(C)COc1cccc(CN(C(=O)c2cccc(F)c2)C2CC2)c1. The van der Waals surface area contributed by atoms with Gasteiger partial charge < -0.3 is 9.64 Å². The van der Waals surface area contributed by atoms with Crippen molar-refractivity contribution < 1.29 is 13.9 Å². The minimum atomic E-state index is -0.384. The van der Waals surface area contributed by atoms with Crippen molar-refractivity contribution in [2.45, 2.75) is 39.3 Å². The molecule has 0 spiro atoms. The summed E-state index contributed by atoms with van der Waals surface area (Å²) < 4.78 is 19.2. The van der Waals surface area contributed by atoms with Crippen molar-refractivity contribution in [3.05, 3.63) is 65.5 Å². The fraction of sp³-hybridized carbons (Fsp3) is 0.381. The molecule has 2 aromatic carbocycles. The van der Waals surface area contributed by atoms with E-state index in [9.17, 15) is 9.18 Å². The molecule has 1 fully saturated rings. The van der Waals surface area contributed by atoms with Crippen LogP contribution < -0.4 is 4.74 Å². The van der Waals surface area contributed by atoms with Crippen molar-refractivity contribution in [1.29, 1.82) is 0 Å². The zero-order valence-electron chi connectivity index (χ0n) is 14.7. The van der Waals surface area contributed by atoms with Crippen LogP contribution in [0.1, 0.15) is 42.6 Å². The van der Waals surface area contributed by atoms with Gasteiger partial charge in [0.1, 0.15) is 11.6 Å². The maximum atomic E-state index is 13.5. The Morgan fingerprint density at radius 1 is 1.20 bits per heavy atom. The van der Waals surface area contributed by atoms with Crippen molar-refractivity contribution in [2.24, 2.45) is 5.92 Å². The average Bonchev–Trinajstić information content (AvgIpc) is 3.42. The number of halogens is 1. The molecular weight excluding hydrogens is 317 g/mol. The number of carbonyl (C=O) groups is 1. The lowest BCUT2D eigenvalue weighted by Gasteiger charge is -2.23. The van der Waals surface area contributed by atoms with Crippen LogP contribution in [0.25, 0.3) is 0 Å². The topological polar surface area (TPSA) is 29.5 Å². The molecule has 0 atom stereocenters. The first-order valence-corrected chi connectivity index (χ1v) is 8.81. The van der Waals surface area contributed by atoms with Gasteiger partial charge >= 0.3 is 0 Å². The molecule has 0 unspecified atom stereocenters. The van der Waals surface area contributed by atoms with Crippen LogP contribution in [-0.4, -0.2) is 23.5 Å². The molecule has 2 aromatic rings. The molecule has 0 aliphatic heterocycles. The molecular formula is C21H24FNO2. The Morgan fingerprint density at radius 2 is 1.96 bits per heavy atom. The van der Waals surface area contributed by atoms with E-state index in [2.05, 4.69) is 13.8 Å². The molecule has 0 aromatic heterocycles. The van der Waals surface area contributed by atoms with Crippen molar-refractivity contribution in [3.63, 3.8) is 0 Å². The number of benzene rings is 2. The predicted molar refractivity (Wildman–Crippen MR) is 96.1 cm³/mol. The molecule has 1 aliphatic carbocycles. The fourth-order valence-corrected chi connectivity index (χ4v) is 2.73. The van der Waals surface area contributed by atoms with Gasteiger partial charge in [-0.3, -0.25) is 4.79 Å². The van der Waals surface area contributed by atoms with Crippen molar-refractivity contribution in [3.8, 4) is 5.75 Å². The van der Waals surface area contributed by atoms with E-state index in [1.54, 1.807) is 12.1 Å². The summed E-state index contributed by atoms with van der Waals surface area (Å²) in [6, 6.07) is 14.0.